The number of hydrogen-bond donors (Lipinski definition) is 2. The maximum absolute atomic E-state index is 9.36. The molecule has 1 aliphatic rings. The molecule has 2 rings (SSSR count). The van der Waals surface area contributed by atoms with Crippen molar-refractivity contribution in [2.45, 2.75) is 50.0 Å². The first-order chi connectivity index (χ1) is 10.7. The maximum atomic E-state index is 9.36. The monoisotopic (exact) mass is 301 g/mol. The first-order valence-corrected chi connectivity index (χ1v) is 8.14. The number of unbranched alkanes of at least 4 members (excludes halogenated alkanes) is 2. The Balaban J connectivity index is 1.85. The summed E-state index contributed by atoms with van der Waals surface area (Å²) in [6.07, 6.45) is 5.89. The second-order valence-electron chi connectivity index (χ2n) is 6.33. The van der Waals surface area contributed by atoms with E-state index < -0.39 is 0 Å². The number of aliphatic hydroxyl groups excluding tert-OH is 1. The summed E-state index contributed by atoms with van der Waals surface area (Å²) in [6, 6.07) is 8.49. The summed E-state index contributed by atoms with van der Waals surface area (Å²) < 4.78 is 5.02. The van der Waals surface area contributed by atoms with Gasteiger partial charge in [-0.15, -0.1) is 0 Å². The molecule has 0 saturated heterocycles. The van der Waals surface area contributed by atoms with Crippen molar-refractivity contribution in [2.75, 3.05) is 20.3 Å². The Morgan fingerprint density at radius 2 is 2.09 bits per heavy atom. The molecule has 0 aromatic heterocycles. The first-order valence-electron chi connectivity index (χ1n) is 8.14. The zero-order chi connectivity index (χ0) is 15.8. The third kappa shape index (κ3) is 4.84. The minimum absolute atomic E-state index is 0.0795. The average molecular weight is 301 g/mol. The van der Waals surface area contributed by atoms with Crippen LogP contribution in [0.15, 0.2) is 24.3 Å². The van der Waals surface area contributed by atoms with Gasteiger partial charge in [-0.25, -0.2) is 0 Å². The highest BCUT2D eigenvalue weighted by atomic mass is 16.5. The van der Waals surface area contributed by atoms with E-state index in [4.69, 9.17) is 10.5 Å². The summed E-state index contributed by atoms with van der Waals surface area (Å²) in [5.74, 6) is 6.89. The van der Waals surface area contributed by atoms with Gasteiger partial charge in [0.2, 0.25) is 0 Å². The molecule has 0 spiro atoms. The first kappa shape index (κ1) is 17.0. The number of rotatable bonds is 6. The lowest BCUT2D eigenvalue weighted by atomic mass is 9.93. The van der Waals surface area contributed by atoms with Crippen LogP contribution in [0.1, 0.15) is 55.6 Å². The fourth-order valence-electron chi connectivity index (χ4n) is 3.05. The van der Waals surface area contributed by atoms with E-state index in [0.29, 0.717) is 5.92 Å². The molecule has 0 bridgehead atoms. The Hall–Kier alpha value is -1.34. The fraction of sp³-hybridized carbons (Fsp3) is 0.579. The highest BCUT2D eigenvalue weighted by Gasteiger charge is 2.35. The molecule has 0 heterocycles. The zero-order valence-electron chi connectivity index (χ0n) is 13.5. The molecule has 3 nitrogen and oxygen atoms in total. The Morgan fingerprint density at radius 3 is 2.73 bits per heavy atom. The number of benzene rings is 1. The molecule has 2 atom stereocenters. The van der Waals surface area contributed by atoms with E-state index >= 15 is 0 Å². The average Bonchev–Trinajstić information content (AvgIpc) is 2.94. The number of methoxy groups -OCH3 is 1. The summed E-state index contributed by atoms with van der Waals surface area (Å²) in [7, 11) is 1.73. The van der Waals surface area contributed by atoms with Crippen LogP contribution in [0.3, 0.4) is 0 Å². The summed E-state index contributed by atoms with van der Waals surface area (Å²) in [6.45, 7) is 0.893. The van der Waals surface area contributed by atoms with Gasteiger partial charge < -0.3 is 15.6 Å². The van der Waals surface area contributed by atoms with Gasteiger partial charge in [-0.2, -0.15) is 0 Å². The van der Waals surface area contributed by atoms with Gasteiger partial charge in [0.05, 0.1) is 6.61 Å². The van der Waals surface area contributed by atoms with Gasteiger partial charge in [-0.3, -0.25) is 0 Å². The van der Waals surface area contributed by atoms with Crippen LogP contribution in [0.5, 0.6) is 0 Å². The van der Waals surface area contributed by atoms with Crippen molar-refractivity contribution in [3.8, 4) is 11.8 Å². The predicted molar refractivity (Wildman–Crippen MR) is 89.6 cm³/mol. The Bertz CT molecular complexity index is 514. The van der Waals surface area contributed by atoms with Crippen molar-refractivity contribution in [3.05, 3.63) is 35.4 Å². The largest absolute Gasteiger partial charge is 0.394 e. The van der Waals surface area contributed by atoms with Crippen molar-refractivity contribution < 1.29 is 9.84 Å². The Morgan fingerprint density at radius 1 is 1.32 bits per heavy atom. The highest BCUT2D eigenvalue weighted by Crippen LogP contribution is 2.39. The number of ether oxygens (including phenoxy) is 1. The van der Waals surface area contributed by atoms with E-state index in [1.807, 2.05) is 0 Å². The van der Waals surface area contributed by atoms with Crippen molar-refractivity contribution in [1.29, 1.82) is 0 Å². The molecule has 0 amide bonds. The number of aliphatic hydroxyl groups is 1. The van der Waals surface area contributed by atoms with Crippen molar-refractivity contribution in [3.63, 3.8) is 0 Å². The van der Waals surface area contributed by atoms with Crippen LogP contribution in [-0.4, -0.2) is 31.0 Å². The molecule has 0 unspecified atom stereocenters. The summed E-state index contributed by atoms with van der Waals surface area (Å²) in [5, 5.41) is 9.36. The minimum Gasteiger partial charge on any atom is -0.394 e. The van der Waals surface area contributed by atoms with Crippen molar-refractivity contribution >= 4 is 0 Å². The minimum atomic E-state index is -0.384. The molecule has 1 saturated carbocycles. The van der Waals surface area contributed by atoms with Gasteiger partial charge in [0, 0.05) is 31.2 Å². The van der Waals surface area contributed by atoms with E-state index in [1.165, 1.54) is 5.56 Å². The second kappa shape index (κ2) is 8.33. The zero-order valence-corrected chi connectivity index (χ0v) is 13.5. The van der Waals surface area contributed by atoms with Crippen LogP contribution in [0.25, 0.3) is 0 Å². The van der Waals surface area contributed by atoms with Crippen molar-refractivity contribution in [1.82, 2.24) is 0 Å². The van der Waals surface area contributed by atoms with Gasteiger partial charge in [0.1, 0.15) is 0 Å². The smallest absolute Gasteiger partial charge is 0.0611 e. The van der Waals surface area contributed by atoms with E-state index in [0.717, 1.165) is 50.7 Å². The molecule has 3 heteroatoms. The molecule has 22 heavy (non-hydrogen) atoms. The maximum Gasteiger partial charge on any atom is 0.0611 e. The van der Waals surface area contributed by atoms with Crippen LogP contribution in [0.2, 0.25) is 0 Å². The Labute approximate surface area is 133 Å². The standard InChI is InChI=1S/C19H27NO2/c1-22-13-5-3-2-4-6-16-7-9-17(10-8-16)18-11-12-19(20,14-18)15-21/h7-10,18,21H,2-3,5,11-15,20H2,1H3/t18-,19-/m1/s1. The summed E-state index contributed by atoms with van der Waals surface area (Å²) >= 11 is 0. The molecular formula is C19H27NO2. The van der Waals surface area contributed by atoms with E-state index in [1.54, 1.807) is 7.11 Å². The summed E-state index contributed by atoms with van der Waals surface area (Å²) in [4.78, 5) is 0. The lowest BCUT2D eigenvalue weighted by Gasteiger charge is -2.20. The molecular weight excluding hydrogens is 274 g/mol. The molecule has 0 aliphatic heterocycles. The van der Waals surface area contributed by atoms with Gasteiger partial charge in [-0.1, -0.05) is 24.0 Å². The molecule has 3 N–H and O–H groups in total. The van der Waals surface area contributed by atoms with Crippen LogP contribution >= 0.6 is 0 Å². The summed E-state index contributed by atoms with van der Waals surface area (Å²) in [5.41, 5.74) is 8.14. The lowest BCUT2D eigenvalue weighted by molar-refractivity contribution is 0.193. The quantitative estimate of drug-likeness (QED) is 0.627. The number of nitrogens with two attached hydrogens (primary N) is 1. The van der Waals surface area contributed by atoms with E-state index in [2.05, 4.69) is 36.1 Å². The van der Waals surface area contributed by atoms with E-state index in [9.17, 15) is 5.11 Å². The molecule has 1 aromatic rings. The van der Waals surface area contributed by atoms with Crippen molar-refractivity contribution in [2.24, 2.45) is 5.73 Å². The third-order valence-corrected chi connectivity index (χ3v) is 4.47. The number of hydrogen-bond acceptors (Lipinski definition) is 3. The molecule has 0 radical (unpaired) electrons. The second-order valence-corrected chi connectivity index (χ2v) is 6.33. The van der Waals surface area contributed by atoms with Crippen LogP contribution in [0.4, 0.5) is 0 Å². The predicted octanol–water partition coefficient (Wildman–Crippen LogP) is 2.81. The van der Waals surface area contributed by atoms with E-state index in [-0.39, 0.29) is 12.1 Å². The van der Waals surface area contributed by atoms with Crippen LogP contribution in [0, 0.1) is 11.8 Å². The highest BCUT2D eigenvalue weighted by molar-refractivity contribution is 5.37. The third-order valence-electron chi connectivity index (χ3n) is 4.47. The molecule has 1 aromatic carbocycles. The van der Waals surface area contributed by atoms with Gasteiger partial charge in [-0.05, 0) is 55.7 Å². The topological polar surface area (TPSA) is 55.5 Å². The van der Waals surface area contributed by atoms with Gasteiger partial charge >= 0.3 is 0 Å². The van der Waals surface area contributed by atoms with Gasteiger partial charge in [0.25, 0.3) is 0 Å². The lowest BCUT2D eigenvalue weighted by Crippen LogP contribution is -2.40. The SMILES string of the molecule is COCCCCC#Cc1ccc([C@@H]2CC[C@](N)(CO)C2)cc1. The molecule has 1 fully saturated rings. The molecule has 120 valence electrons. The van der Waals surface area contributed by atoms with Gasteiger partial charge in [0.15, 0.2) is 0 Å². The van der Waals surface area contributed by atoms with Crippen LogP contribution < -0.4 is 5.73 Å². The molecule has 1 aliphatic carbocycles. The Kier molecular flexibility index (Phi) is 6.45. The normalized spacial score (nSPS) is 24.0. The van der Waals surface area contributed by atoms with Crippen LogP contribution in [-0.2, 0) is 4.74 Å². The fourth-order valence-corrected chi connectivity index (χ4v) is 3.05.